The highest BCUT2D eigenvalue weighted by molar-refractivity contribution is 6.31. The number of benzene rings is 1. The monoisotopic (exact) mass is 341 g/mol. The van der Waals surface area contributed by atoms with Gasteiger partial charge < -0.3 is 21.9 Å². The Morgan fingerprint density at radius 3 is 2.39 bits per heavy atom. The van der Waals surface area contributed by atoms with E-state index in [1.165, 1.54) is 18.2 Å². The van der Waals surface area contributed by atoms with Crippen molar-refractivity contribution in [2.24, 2.45) is 11.7 Å². The van der Waals surface area contributed by atoms with Crippen LogP contribution in [-0.4, -0.2) is 34.8 Å². The number of rotatable bonds is 7. The van der Waals surface area contributed by atoms with Gasteiger partial charge in [-0.3, -0.25) is 9.59 Å². The number of carbonyl (C=O) groups is 3. The summed E-state index contributed by atoms with van der Waals surface area (Å²) in [6, 6.07) is 2.16. The first kappa shape index (κ1) is 18.9. The van der Waals surface area contributed by atoms with Crippen molar-refractivity contribution in [1.82, 2.24) is 5.32 Å². The van der Waals surface area contributed by atoms with E-state index in [-0.39, 0.29) is 23.6 Å². The third-order valence-corrected chi connectivity index (χ3v) is 3.52. The Morgan fingerprint density at radius 2 is 1.91 bits per heavy atom. The lowest BCUT2D eigenvalue weighted by atomic mass is 10.0. The summed E-state index contributed by atoms with van der Waals surface area (Å²) < 4.78 is 0. The van der Waals surface area contributed by atoms with Gasteiger partial charge in [-0.25, -0.2) is 4.79 Å². The van der Waals surface area contributed by atoms with Crippen molar-refractivity contribution in [3.05, 3.63) is 28.8 Å². The summed E-state index contributed by atoms with van der Waals surface area (Å²) in [4.78, 5) is 35.2. The molecule has 2 atom stereocenters. The first-order valence-electron chi connectivity index (χ1n) is 7.00. The number of hydrogen-bond donors (Lipinski definition) is 4. The highest BCUT2D eigenvalue weighted by Crippen LogP contribution is 2.19. The van der Waals surface area contributed by atoms with Crippen LogP contribution in [0, 0.1) is 5.92 Å². The average molecular weight is 342 g/mol. The maximum absolute atomic E-state index is 12.1. The van der Waals surface area contributed by atoms with Crippen LogP contribution in [0.4, 0.5) is 5.69 Å². The first-order chi connectivity index (χ1) is 10.6. The Labute approximate surface area is 139 Å². The number of nitrogen functional groups attached to an aromatic ring is 1. The number of carboxylic acids is 1. The lowest BCUT2D eigenvalue weighted by Crippen LogP contribution is -2.51. The molecule has 0 aliphatic rings. The van der Waals surface area contributed by atoms with Crippen molar-refractivity contribution in [2.45, 2.75) is 32.4 Å². The fourth-order valence-corrected chi connectivity index (χ4v) is 2.14. The summed E-state index contributed by atoms with van der Waals surface area (Å²) in [6.45, 7) is 3.31. The Bertz CT molecular complexity index is 619. The summed E-state index contributed by atoms with van der Waals surface area (Å²) in [5.41, 5.74) is 11.8. The molecule has 23 heavy (non-hydrogen) atoms. The Morgan fingerprint density at radius 1 is 1.30 bits per heavy atom. The second-order valence-electron chi connectivity index (χ2n) is 5.53. The molecule has 0 aliphatic heterocycles. The van der Waals surface area contributed by atoms with Crippen LogP contribution in [0.3, 0.4) is 0 Å². The fraction of sp³-hybridized carbons (Fsp3) is 0.400. The van der Waals surface area contributed by atoms with E-state index in [1.807, 2.05) is 0 Å². The second kappa shape index (κ2) is 7.94. The maximum Gasteiger partial charge on any atom is 0.326 e. The molecule has 8 heteroatoms. The van der Waals surface area contributed by atoms with Crippen LogP contribution in [0.1, 0.15) is 30.6 Å². The number of ketones is 1. The lowest BCUT2D eigenvalue weighted by Gasteiger charge is -2.20. The molecule has 126 valence electrons. The molecule has 0 saturated carbocycles. The molecule has 7 nitrogen and oxygen atoms in total. The Balaban J connectivity index is 2.74. The normalized spacial score (nSPS) is 13.4. The van der Waals surface area contributed by atoms with Gasteiger partial charge in [0.05, 0.1) is 6.04 Å². The number of hydrogen-bond acceptors (Lipinski definition) is 5. The molecular formula is C15H20ClN3O4. The minimum absolute atomic E-state index is 0.195. The van der Waals surface area contributed by atoms with Gasteiger partial charge in [0, 0.05) is 22.7 Å². The highest BCUT2D eigenvalue weighted by atomic mass is 35.5. The van der Waals surface area contributed by atoms with E-state index >= 15 is 0 Å². The smallest absolute Gasteiger partial charge is 0.326 e. The van der Waals surface area contributed by atoms with E-state index in [2.05, 4.69) is 5.32 Å². The van der Waals surface area contributed by atoms with E-state index in [4.69, 9.17) is 28.2 Å². The molecule has 0 radical (unpaired) electrons. The summed E-state index contributed by atoms with van der Waals surface area (Å²) in [7, 11) is 0. The molecule has 0 saturated heterocycles. The van der Waals surface area contributed by atoms with Crippen LogP contribution in [0.15, 0.2) is 18.2 Å². The van der Waals surface area contributed by atoms with Gasteiger partial charge in [0.1, 0.15) is 6.04 Å². The zero-order valence-electron chi connectivity index (χ0n) is 12.9. The molecule has 6 N–H and O–H groups in total. The van der Waals surface area contributed by atoms with E-state index in [0.717, 1.165) is 0 Å². The van der Waals surface area contributed by atoms with Crippen LogP contribution >= 0.6 is 11.6 Å². The maximum atomic E-state index is 12.1. The second-order valence-corrected chi connectivity index (χ2v) is 5.97. The molecule has 1 rings (SSSR count). The van der Waals surface area contributed by atoms with Gasteiger partial charge in [0.2, 0.25) is 5.91 Å². The van der Waals surface area contributed by atoms with Crippen LogP contribution < -0.4 is 16.8 Å². The van der Waals surface area contributed by atoms with Crippen molar-refractivity contribution in [1.29, 1.82) is 0 Å². The minimum atomic E-state index is -1.17. The zero-order chi connectivity index (χ0) is 17.7. The number of anilines is 1. The molecule has 0 aliphatic carbocycles. The summed E-state index contributed by atoms with van der Waals surface area (Å²) in [5.74, 6) is -2.59. The topological polar surface area (TPSA) is 136 Å². The summed E-state index contributed by atoms with van der Waals surface area (Å²) >= 11 is 5.76. The van der Waals surface area contributed by atoms with Crippen molar-refractivity contribution >= 4 is 34.9 Å². The van der Waals surface area contributed by atoms with Gasteiger partial charge in [0.15, 0.2) is 5.78 Å². The predicted molar refractivity (Wildman–Crippen MR) is 87.2 cm³/mol. The molecule has 0 spiro atoms. The largest absolute Gasteiger partial charge is 0.480 e. The first-order valence-corrected chi connectivity index (χ1v) is 7.38. The third kappa shape index (κ3) is 5.22. The van der Waals surface area contributed by atoms with Gasteiger partial charge in [-0.1, -0.05) is 25.4 Å². The van der Waals surface area contributed by atoms with Crippen LogP contribution in [-0.2, 0) is 9.59 Å². The Hall–Kier alpha value is -2.12. The summed E-state index contributed by atoms with van der Waals surface area (Å²) in [6.07, 6.45) is -0.290. The quantitative estimate of drug-likeness (QED) is 0.432. The van der Waals surface area contributed by atoms with Gasteiger partial charge in [0.25, 0.3) is 0 Å². The molecule has 1 amide bonds. The predicted octanol–water partition coefficient (Wildman–Crippen LogP) is 1.05. The molecular weight excluding hydrogens is 322 g/mol. The van der Waals surface area contributed by atoms with E-state index in [9.17, 15) is 14.4 Å². The van der Waals surface area contributed by atoms with Crippen LogP contribution in [0.2, 0.25) is 5.02 Å². The van der Waals surface area contributed by atoms with E-state index < -0.39 is 29.7 Å². The number of amides is 1. The molecule has 0 aromatic heterocycles. The number of nitrogens with two attached hydrogens (primary N) is 2. The molecule has 0 heterocycles. The van der Waals surface area contributed by atoms with E-state index in [1.54, 1.807) is 13.8 Å². The number of halogens is 1. The average Bonchev–Trinajstić information content (AvgIpc) is 2.43. The zero-order valence-corrected chi connectivity index (χ0v) is 13.6. The van der Waals surface area contributed by atoms with Gasteiger partial charge >= 0.3 is 5.97 Å². The SMILES string of the molecule is CC(C)[C@H](NC(=O)C(N)CC(=O)c1ccc(Cl)cc1N)C(=O)O. The van der Waals surface area contributed by atoms with Gasteiger partial charge in [-0.2, -0.15) is 0 Å². The van der Waals surface area contributed by atoms with Crippen LogP contribution in [0.25, 0.3) is 0 Å². The van der Waals surface area contributed by atoms with Gasteiger partial charge in [-0.15, -0.1) is 0 Å². The fourth-order valence-electron chi connectivity index (χ4n) is 1.96. The van der Waals surface area contributed by atoms with Crippen molar-refractivity contribution in [3.8, 4) is 0 Å². The molecule has 1 unspecified atom stereocenters. The number of carboxylic acid groups (broad SMARTS) is 1. The minimum Gasteiger partial charge on any atom is -0.480 e. The van der Waals surface area contributed by atoms with Crippen molar-refractivity contribution in [3.63, 3.8) is 0 Å². The molecule has 0 fully saturated rings. The number of aliphatic carboxylic acids is 1. The van der Waals surface area contributed by atoms with Crippen molar-refractivity contribution < 1.29 is 19.5 Å². The lowest BCUT2D eigenvalue weighted by molar-refractivity contribution is -0.143. The number of nitrogens with one attached hydrogen (secondary N) is 1. The number of Topliss-reactive ketones (excluding diaryl/α,β-unsaturated/α-hetero) is 1. The third-order valence-electron chi connectivity index (χ3n) is 3.29. The van der Waals surface area contributed by atoms with Crippen LogP contribution in [0.5, 0.6) is 0 Å². The van der Waals surface area contributed by atoms with Gasteiger partial charge in [-0.05, 0) is 24.1 Å². The highest BCUT2D eigenvalue weighted by Gasteiger charge is 2.27. The number of carbonyl (C=O) groups excluding carboxylic acids is 2. The Kier molecular flexibility index (Phi) is 6.53. The molecule has 1 aromatic carbocycles. The standard InChI is InChI=1S/C15H20ClN3O4/c1-7(2)13(15(22)23)19-14(21)11(18)6-12(20)9-4-3-8(16)5-10(9)17/h3-5,7,11,13H,6,17-18H2,1-2H3,(H,19,21)(H,22,23)/t11?,13-/m0/s1. The molecule has 0 bridgehead atoms. The van der Waals surface area contributed by atoms with E-state index in [0.29, 0.717) is 5.02 Å². The molecule has 1 aromatic rings. The summed E-state index contributed by atoms with van der Waals surface area (Å²) in [5, 5.41) is 11.8. The van der Waals surface area contributed by atoms with Crippen molar-refractivity contribution in [2.75, 3.05) is 5.73 Å².